The minimum Gasteiger partial charge on any atom is -0.465 e. The summed E-state index contributed by atoms with van der Waals surface area (Å²) in [5.41, 5.74) is 1.92. The van der Waals surface area contributed by atoms with Crippen LogP contribution in [0.25, 0.3) is 10.4 Å². The molecule has 0 spiro atoms. The molecule has 0 aliphatic rings. The molecule has 5 heteroatoms. The van der Waals surface area contributed by atoms with E-state index in [4.69, 9.17) is 0 Å². The molecular weight excluding hydrogens is 236 g/mol. The molecule has 17 heavy (non-hydrogen) atoms. The molecule has 0 radical (unpaired) electrons. The highest BCUT2D eigenvalue weighted by atomic mass is 32.1. The quantitative estimate of drug-likeness (QED) is 0.783. The van der Waals surface area contributed by atoms with Crippen molar-refractivity contribution in [2.75, 3.05) is 7.11 Å². The third kappa shape index (κ3) is 2.50. The van der Waals surface area contributed by atoms with Crippen molar-refractivity contribution in [1.82, 2.24) is 10.2 Å². The van der Waals surface area contributed by atoms with Crippen LogP contribution in [-0.4, -0.2) is 23.3 Å². The van der Waals surface area contributed by atoms with Crippen LogP contribution >= 0.6 is 11.3 Å². The van der Waals surface area contributed by atoms with Gasteiger partial charge in [0.1, 0.15) is 4.88 Å². The van der Waals surface area contributed by atoms with E-state index in [1.807, 2.05) is 19.1 Å². The van der Waals surface area contributed by atoms with Crippen LogP contribution in [-0.2, 0) is 11.2 Å². The molecule has 4 nitrogen and oxygen atoms in total. The van der Waals surface area contributed by atoms with E-state index < -0.39 is 0 Å². The van der Waals surface area contributed by atoms with Gasteiger partial charge in [0.05, 0.1) is 19.0 Å². The lowest BCUT2D eigenvalue weighted by atomic mass is 10.2. The van der Waals surface area contributed by atoms with E-state index in [9.17, 15) is 4.79 Å². The Labute approximate surface area is 103 Å². The molecule has 0 unspecified atom stereocenters. The van der Waals surface area contributed by atoms with Crippen molar-refractivity contribution in [1.29, 1.82) is 0 Å². The molecule has 2 aromatic rings. The van der Waals surface area contributed by atoms with Crippen LogP contribution in [0.3, 0.4) is 0 Å². The van der Waals surface area contributed by atoms with Gasteiger partial charge in [-0.05, 0) is 24.6 Å². The highest BCUT2D eigenvalue weighted by Gasteiger charge is 2.10. The van der Waals surface area contributed by atoms with E-state index in [1.54, 1.807) is 12.3 Å². The molecule has 2 aromatic heterocycles. The van der Waals surface area contributed by atoms with Gasteiger partial charge in [-0.2, -0.15) is 10.2 Å². The molecule has 0 bridgehead atoms. The number of esters is 1. The summed E-state index contributed by atoms with van der Waals surface area (Å²) >= 11 is 1.40. The lowest BCUT2D eigenvalue weighted by molar-refractivity contribution is 0.0606. The summed E-state index contributed by atoms with van der Waals surface area (Å²) < 4.78 is 4.67. The molecule has 0 atom stereocenters. The largest absolute Gasteiger partial charge is 0.465 e. The number of carbonyl (C=O) groups excluding carboxylic acids is 1. The molecule has 0 aliphatic carbocycles. The number of carbonyl (C=O) groups is 1. The number of methoxy groups -OCH3 is 1. The normalized spacial score (nSPS) is 10.2. The number of thiophene rings is 1. The molecule has 0 aliphatic heterocycles. The van der Waals surface area contributed by atoms with Crippen molar-refractivity contribution in [2.45, 2.75) is 13.3 Å². The van der Waals surface area contributed by atoms with Gasteiger partial charge in [0.15, 0.2) is 0 Å². The Morgan fingerprint density at radius 2 is 2.29 bits per heavy atom. The number of rotatable bonds is 3. The monoisotopic (exact) mass is 248 g/mol. The maximum atomic E-state index is 11.3. The second-order valence-corrected chi connectivity index (χ2v) is 4.53. The van der Waals surface area contributed by atoms with Crippen molar-refractivity contribution in [2.24, 2.45) is 0 Å². The van der Waals surface area contributed by atoms with E-state index in [1.165, 1.54) is 18.4 Å². The van der Waals surface area contributed by atoms with E-state index in [2.05, 4.69) is 14.9 Å². The maximum absolute atomic E-state index is 11.3. The van der Waals surface area contributed by atoms with Crippen LogP contribution in [0.15, 0.2) is 24.4 Å². The summed E-state index contributed by atoms with van der Waals surface area (Å²) in [4.78, 5) is 12.9. The number of hydrogen-bond donors (Lipinski definition) is 0. The highest BCUT2D eigenvalue weighted by Crippen LogP contribution is 2.28. The Bertz CT molecular complexity index is 537. The summed E-state index contributed by atoms with van der Waals surface area (Å²) in [5, 5.41) is 7.95. The first kappa shape index (κ1) is 11.7. The molecule has 0 saturated heterocycles. The first-order valence-electron chi connectivity index (χ1n) is 5.24. The van der Waals surface area contributed by atoms with Crippen molar-refractivity contribution in [3.8, 4) is 10.4 Å². The minimum absolute atomic E-state index is 0.306. The molecule has 0 aromatic carbocycles. The average molecular weight is 248 g/mol. The van der Waals surface area contributed by atoms with Crippen LogP contribution in [0.1, 0.15) is 22.3 Å². The first-order valence-corrected chi connectivity index (χ1v) is 6.06. The Morgan fingerprint density at radius 1 is 1.47 bits per heavy atom. The smallest absolute Gasteiger partial charge is 0.348 e. The average Bonchev–Trinajstić information content (AvgIpc) is 2.87. The Morgan fingerprint density at radius 3 is 3.00 bits per heavy atom. The predicted octanol–water partition coefficient (Wildman–Crippen LogP) is 2.55. The Hall–Kier alpha value is -1.75. The number of hydrogen-bond acceptors (Lipinski definition) is 5. The fourth-order valence-electron chi connectivity index (χ4n) is 1.42. The molecule has 2 rings (SSSR count). The highest BCUT2D eigenvalue weighted by molar-refractivity contribution is 7.17. The van der Waals surface area contributed by atoms with Gasteiger partial charge in [0.2, 0.25) is 0 Å². The van der Waals surface area contributed by atoms with Crippen LogP contribution in [0, 0.1) is 0 Å². The number of nitrogens with zero attached hydrogens (tertiary/aromatic N) is 2. The van der Waals surface area contributed by atoms with Gasteiger partial charge in [-0.3, -0.25) is 0 Å². The van der Waals surface area contributed by atoms with E-state index in [0.717, 1.165) is 22.6 Å². The molecule has 0 fully saturated rings. The zero-order valence-corrected chi connectivity index (χ0v) is 10.5. The van der Waals surface area contributed by atoms with Crippen molar-refractivity contribution < 1.29 is 9.53 Å². The lowest BCUT2D eigenvalue weighted by Gasteiger charge is -1.98. The van der Waals surface area contributed by atoms with E-state index in [-0.39, 0.29) is 5.97 Å². The third-order valence-electron chi connectivity index (χ3n) is 2.34. The van der Waals surface area contributed by atoms with Gasteiger partial charge in [-0.1, -0.05) is 6.92 Å². The number of aromatic nitrogens is 2. The van der Waals surface area contributed by atoms with Gasteiger partial charge < -0.3 is 4.74 Å². The van der Waals surface area contributed by atoms with Crippen LogP contribution in [0.5, 0.6) is 0 Å². The van der Waals surface area contributed by atoms with Crippen molar-refractivity contribution >= 4 is 17.3 Å². The Kier molecular flexibility index (Phi) is 3.49. The SMILES string of the molecule is CCc1cc(-c2ccc(C(=O)OC)s2)cnn1. The first-order chi connectivity index (χ1) is 8.24. The van der Waals surface area contributed by atoms with Gasteiger partial charge in [-0.15, -0.1) is 11.3 Å². The second kappa shape index (κ2) is 5.05. The predicted molar refractivity (Wildman–Crippen MR) is 66.1 cm³/mol. The van der Waals surface area contributed by atoms with Crippen LogP contribution in [0.2, 0.25) is 0 Å². The van der Waals surface area contributed by atoms with Gasteiger partial charge in [-0.25, -0.2) is 4.79 Å². The minimum atomic E-state index is -0.306. The van der Waals surface area contributed by atoms with Crippen LogP contribution < -0.4 is 0 Å². The zero-order valence-electron chi connectivity index (χ0n) is 9.64. The summed E-state index contributed by atoms with van der Waals surface area (Å²) in [6.45, 7) is 2.03. The van der Waals surface area contributed by atoms with Gasteiger partial charge in [0, 0.05) is 10.4 Å². The van der Waals surface area contributed by atoms with E-state index >= 15 is 0 Å². The van der Waals surface area contributed by atoms with Crippen molar-refractivity contribution in [3.05, 3.63) is 35.0 Å². The number of ether oxygens (including phenoxy) is 1. The van der Waals surface area contributed by atoms with Gasteiger partial charge in [0.25, 0.3) is 0 Å². The maximum Gasteiger partial charge on any atom is 0.348 e. The molecule has 0 amide bonds. The van der Waals surface area contributed by atoms with E-state index in [0.29, 0.717) is 4.88 Å². The topological polar surface area (TPSA) is 52.1 Å². The summed E-state index contributed by atoms with van der Waals surface area (Å²) in [6.07, 6.45) is 2.54. The van der Waals surface area contributed by atoms with Crippen molar-refractivity contribution in [3.63, 3.8) is 0 Å². The summed E-state index contributed by atoms with van der Waals surface area (Å²) in [5.74, 6) is -0.306. The lowest BCUT2D eigenvalue weighted by Crippen LogP contribution is -1.96. The Balaban J connectivity index is 2.33. The summed E-state index contributed by atoms with van der Waals surface area (Å²) in [7, 11) is 1.38. The van der Waals surface area contributed by atoms with Crippen LogP contribution in [0.4, 0.5) is 0 Å². The fraction of sp³-hybridized carbons (Fsp3) is 0.250. The second-order valence-electron chi connectivity index (χ2n) is 3.44. The summed E-state index contributed by atoms with van der Waals surface area (Å²) in [6, 6.07) is 5.64. The molecular formula is C12H12N2O2S. The molecule has 88 valence electrons. The fourth-order valence-corrected chi connectivity index (χ4v) is 2.33. The molecule has 0 N–H and O–H groups in total. The molecule has 2 heterocycles. The standard InChI is InChI=1S/C12H12N2O2S/c1-3-9-6-8(7-13-14-9)10-4-5-11(17-10)12(15)16-2/h4-7H,3H2,1-2H3. The number of aryl methyl sites for hydroxylation is 1. The molecule has 0 saturated carbocycles. The van der Waals surface area contributed by atoms with Gasteiger partial charge >= 0.3 is 5.97 Å². The zero-order chi connectivity index (χ0) is 12.3. The third-order valence-corrected chi connectivity index (χ3v) is 3.46.